The third kappa shape index (κ3) is 3.38. The van der Waals surface area contributed by atoms with Crippen LogP contribution in [0.5, 0.6) is 0 Å². The van der Waals surface area contributed by atoms with Crippen LogP contribution >= 0.6 is 11.3 Å². The maximum atomic E-state index is 4.40. The Morgan fingerprint density at radius 1 is 1.29 bits per heavy atom. The smallest absolute Gasteiger partial charge is 0.0795 e. The summed E-state index contributed by atoms with van der Waals surface area (Å²) in [6.45, 7) is 5.22. The van der Waals surface area contributed by atoms with Gasteiger partial charge >= 0.3 is 0 Å². The first-order valence-corrected chi connectivity index (χ1v) is 6.91. The quantitative estimate of drug-likeness (QED) is 0.875. The van der Waals surface area contributed by atoms with Crippen LogP contribution in [0, 0.1) is 6.92 Å². The van der Waals surface area contributed by atoms with E-state index in [4.69, 9.17) is 0 Å². The molecule has 0 radical (unpaired) electrons. The molecule has 0 aliphatic rings. The van der Waals surface area contributed by atoms with E-state index in [0.29, 0.717) is 6.04 Å². The molecule has 0 saturated carbocycles. The molecule has 1 unspecified atom stereocenters. The maximum Gasteiger partial charge on any atom is 0.0795 e. The highest BCUT2D eigenvalue weighted by molar-refractivity contribution is 7.07. The van der Waals surface area contributed by atoms with Crippen molar-refractivity contribution in [2.24, 2.45) is 0 Å². The summed E-state index contributed by atoms with van der Waals surface area (Å²) < 4.78 is 0. The molecular formula is C14H18N2S. The lowest BCUT2D eigenvalue weighted by atomic mass is 10.0. The number of nitrogens with one attached hydrogen (secondary N) is 1. The Balaban J connectivity index is 2.10. The average molecular weight is 246 g/mol. The number of aromatic nitrogens is 1. The second kappa shape index (κ2) is 5.94. The van der Waals surface area contributed by atoms with E-state index < -0.39 is 0 Å². The van der Waals surface area contributed by atoms with Gasteiger partial charge in [0.1, 0.15) is 0 Å². The van der Waals surface area contributed by atoms with Crippen LogP contribution < -0.4 is 5.32 Å². The first kappa shape index (κ1) is 12.3. The van der Waals surface area contributed by atoms with Crippen molar-refractivity contribution in [1.29, 1.82) is 0 Å². The van der Waals surface area contributed by atoms with E-state index in [2.05, 4.69) is 53.8 Å². The third-order valence-corrected chi connectivity index (χ3v) is 3.42. The Labute approximate surface area is 107 Å². The summed E-state index contributed by atoms with van der Waals surface area (Å²) in [7, 11) is 0. The predicted molar refractivity (Wildman–Crippen MR) is 73.4 cm³/mol. The maximum absolute atomic E-state index is 4.40. The van der Waals surface area contributed by atoms with Gasteiger partial charge in [-0.25, -0.2) is 4.98 Å². The van der Waals surface area contributed by atoms with Crippen molar-refractivity contribution in [2.45, 2.75) is 26.3 Å². The number of rotatable bonds is 5. The molecule has 1 heterocycles. The van der Waals surface area contributed by atoms with Crippen molar-refractivity contribution in [1.82, 2.24) is 10.3 Å². The van der Waals surface area contributed by atoms with Gasteiger partial charge in [-0.2, -0.15) is 0 Å². The topological polar surface area (TPSA) is 24.9 Å². The second-order valence-electron chi connectivity index (χ2n) is 4.21. The van der Waals surface area contributed by atoms with Gasteiger partial charge in [0.2, 0.25) is 0 Å². The van der Waals surface area contributed by atoms with Gasteiger partial charge in [0.25, 0.3) is 0 Å². The van der Waals surface area contributed by atoms with E-state index in [0.717, 1.165) is 18.7 Å². The summed E-state index contributed by atoms with van der Waals surface area (Å²) in [5.74, 6) is 0. The van der Waals surface area contributed by atoms with Crippen LogP contribution in [0.3, 0.4) is 0 Å². The fourth-order valence-electron chi connectivity index (χ4n) is 1.88. The van der Waals surface area contributed by atoms with Crippen molar-refractivity contribution in [3.8, 4) is 0 Å². The van der Waals surface area contributed by atoms with E-state index in [1.807, 2.05) is 5.51 Å². The molecule has 3 heteroatoms. The van der Waals surface area contributed by atoms with Gasteiger partial charge in [-0.3, -0.25) is 0 Å². The highest BCUT2D eigenvalue weighted by atomic mass is 32.1. The standard InChI is InChI=1S/C14H18N2S/c1-3-15-13(14-9-17-10-16-14)8-12-6-4-11(2)5-7-12/h4-7,9-10,13,15H,3,8H2,1-2H3. The number of hydrogen-bond acceptors (Lipinski definition) is 3. The van der Waals surface area contributed by atoms with Crippen LogP contribution in [-0.2, 0) is 6.42 Å². The molecule has 0 fully saturated rings. The van der Waals surface area contributed by atoms with Gasteiger partial charge in [-0.15, -0.1) is 11.3 Å². The molecular weight excluding hydrogens is 228 g/mol. The SMILES string of the molecule is CCNC(Cc1ccc(C)cc1)c1cscn1. The molecule has 17 heavy (non-hydrogen) atoms. The van der Waals surface area contributed by atoms with Crippen LogP contribution in [0.25, 0.3) is 0 Å². The molecule has 0 amide bonds. The fourth-order valence-corrected chi connectivity index (χ4v) is 2.49. The zero-order valence-corrected chi connectivity index (χ0v) is 11.1. The van der Waals surface area contributed by atoms with Gasteiger partial charge in [-0.05, 0) is 25.5 Å². The number of benzene rings is 1. The molecule has 1 aromatic heterocycles. The summed E-state index contributed by atoms with van der Waals surface area (Å²) in [4.78, 5) is 4.40. The van der Waals surface area contributed by atoms with Gasteiger partial charge in [0, 0.05) is 5.38 Å². The Hall–Kier alpha value is -1.19. The van der Waals surface area contributed by atoms with E-state index in [1.54, 1.807) is 11.3 Å². The minimum atomic E-state index is 0.328. The summed E-state index contributed by atoms with van der Waals surface area (Å²) in [6, 6.07) is 9.06. The normalized spacial score (nSPS) is 12.6. The van der Waals surface area contributed by atoms with Crippen LogP contribution in [0.15, 0.2) is 35.2 Å². The van der Waals surface area contributed by atoms with Crippen LogP contribution in [0.2, 0.25) is 0 Å². The van der Waals surface area contributed by atoms with Gasteiger partial charge in [0.15, 0.2) is 0 Å². The molecule has 0 aliphatic heterocycles. The van der Waals surface area contributed by atoms with Gasteiger partial charge in [-0.1, -0.05) is 36.8 Å². The van der Waals surface area contributed by atoms with Crippen molar-refractivity contribution in [3.05, 3.63) is 52.0 Å². The molecule has 90 valence electrons. The number of aryl methyl sites for hydroxylation is 1. The second-order valence-corrected chi connectivity index (χ2v) is 4.93. The van der Waals surface area contributed by atoms with E-state index in [9.17, 15) is 0 Å². The zero-order valence-electron chi connectivity index (χ0n) is 10.3. The fraction of sp³-hybridized carbons (Fsp3) is 0.357. The average Bonchev–Trinajstić information content (AvgIpc) is 2.85. The van der Waals surface area contributed by atoms with Crippen molar-refractivity contribution in [3.63, 3.8) is 0 Å². The molecule has 2 aromatic rings. The first-order valence-electron chi connectivity index (χ1n) is 5.96. The summed E-state index contributed by atoms with van der Waals surface area (Å²) >= 11 is 1.66. The summed E-state index contributed by atoms with van der Waals surface area (Å²) in [5, 5.41) is 5.62. The molecule has 2 nitrogen and oxygen atoms in total. The minimum absolute atomic E-state index is 0.328. The largest absolute Gasteiger partial charge is 0.309 e. The molecule has 0 bridgehead atoms. The molecule has 0 aliphatic carbocycles. The molecule has 1 aromatic carbocycles. The van der Waals surface area contributed by atoms with E-state index >= 15 is 0 Å². The van der Waals surface area contributed by atoms with Gasteiger partial charge < -0.3 is 5.32 Å². The molecule has 1 atom stereocenters. The number of nitrogens with zero attached hydrogens (tertiary/aromatic N) is 1. The van der Waals surface area contributed by atoms with E-state index in [-0.39, 0.29) is 0 Å². The van der Waals surface area contributed by atoms with Crippen LogP contribution in [0.4, 0.5) is 0 Å². The van der Waals surface area contributed by atoms with Gasteiger partial charge in [0.05, 0.1) is 17.2 Å². The lowest BCUT2D eigenvalue weighted by molar-refractivity contribution is 0.539. The number of likely N-dealkylation sites (N-methyl/N-ethyl adjacent to an activating group) is 1. The van der Waals surface area contributed by atoms with Crippen molar-refractivity contribution < 1.29 is 0 Å². The predicted octanol–water partition coefficient (Wildman–Crippen LogP) is 3.34. The number of thiazole rings is 1. The molecule has 0 spiro atoms. The zero-order chi connectivity index (χ0) is 12.1. The van der Waals surface area contributed by atoms with Crippen molar-refractivity contribution >= 4 is 11.3 Å². The lowest BCUT2D eigenvalue weighted by Gasteiger charge is -2.15. The lowest BCUT2D eigenvalue weighted by Crippen LogP contribution is -2.23. The Morgan fingerprint density at radius 3 is 2.65 bits per heavy atom. The highest BCUT2D eigenvalue weighted by Crippen LogP contribution is 2.18. The third-order valence-electron chi connectivity index (χ3n) is 2.82. The molecule has 1 N–H and O–H groups in total. The molecule has 2 rings (SSSR count). The molecule has 0 saturated heterocycles. The first-order chi connectivity index (χ1) is 8.29. The van der Waals surface area contributed by atoms with Crippen LogP contribution in [0.1, 0.15) is 29.8 Å². The Bertz CT molecular complexity index is 434. The van der Waals surface area contributed by atoms with Crippen LogP contribution in [-0.4, -0.2) is 11.5 Å². The minimum Gasteiger partial charge on any atom is -0.309 e. The van der Waals surface area contributed by atoms with Crippen molar-refractivity contribution in [2.75, 3.05) is 6.54 Å². The highest BCUT2D eigenvalue weighted by Gasteiger charge is 2.12. The summed E-state index contributed by atoms with van der Waals surface area (Å²) in [5.41, 5.74) is 5.71. The summed E-state index contributed by atoms with van der Waals surface area (Å²) in [6.07, 6.45) is 0.998. The Morgan fingerprint density at radius 2 is 2.06 bits per heavy atom. The number of hydrogen-bond donors (Lipinski definition) is 1. The monoisotopic (exact) mass is 246 g/mol. The van der Waals surface area contributed by atoms with E-state index in [1.165, 1.54) is 11.1 Å². The Kier molecular flexibility index (Phi) is 4.29.